The molecular weight excluding hydrogens is 325 g/mol. The van der Waals surface area contributed by atoms with Gasteiger partial charge in [0.15, 0.2) is 0 Å². The fraction of sp³-hybridized carbons (Fsp3) is 0.333. The van der Waals surface area contributed by atoms with Crippen LogP contribution in [0.25, 0.3) is 11.0 Å². The highest BCUT2D eigenvalue weighted by molar-refractivity contribution is 7.09. The van der Waals surface area contributed by atoms with Crippen LogP contribution in [0.5, 0.6) is 0 Å². The Hall–Kier alpha value is -1.10. The largest absolute Gasteiger partial charge is 0.314 e. The van der Waals surface area contributed by atoms with Crippen LogP contribution in [-0.4, -0.2) is 20.4 Å². The maximum atomic E-state index is 6.43. The van der Waals surface area contributed by atoms with Crippen molar-refractivity contribution in [1.82, 2.24) is 14.5 Å². The first-order valence-corrected chi connectivity index (χ1v) is 8.47. The van der Waals surface area contributed by atoms with E-state index in [9.17, 15) is 0 Å². The van der Waals surface area contributed by atoms with Gasteiger partial charge in [0.05, 0.1) is 21.6 Å². The Balaban J connectivity index is 2.31. The van der Waals surface area contributed by atoms with E-state index in [-0.39, 0.29) is 5.54 Å². The number of benzene rings is 1. The zero-order valence-electron chi connectivity index (χ0n) is 11.8. The molecular formula is C15H15Cl2N3S. The Bertz CT molecular complexity index is 763. The lowest BCUT2D eigenvalue weighted by Gasteiger charge is -2.27. The van der Waals surface area contributed by atoms with E-state index in [0.717, 1.165) is 21.9 Å². The first-order chi connectivity index (χ1) is 10.1. The number of hydrogen-bond acceptors (Lipinski definition) is 3. The second-order valence-corrected chi connectivity index (χ2v) is 6.99. The molecule has 3 rings (SSSR count). The summed E-state index contributed by atoms with van der Waals surface area (Å²) in [5.74, 6) is 1.46. The topological polar surface area (TPSA) is 30.7 Å². The molecule has 0 unspecified atom stereocenters. The third-order valence-electron chi connectivity index (χ3n) is 3.53. The maximum absolute atomic E-state index is 6.43. The lowest BCUT2D eigenvalue weighted by atomic mass is 10.1. The summed E-state index contributed by atoms with van der Waals surface area (Å²) in [5, 5.41) is 3.71. The van der Waals surface area contributed by atoms with E-state index in [2.05, 4.69) is 23.4 Å². The monoisotopic (exact) mass is 339 g/mol. The van der Waals surface area contributed by atoms with Crippen LogP contribution in [0, 0.1) is 0 Å². The van der Waals surface area contributed by atoms with E-state index in [1.165, 1.54) is 0 Å². The predicted molar refractivity (Wildman–Crippen MR) is 89.7 cm³/mol. The van der Waals surface area contributed by atoms with E-state index in [1.54, 1.807) is 11.3 Å². The normalized spacial score (nSPS) is 12.2. The number of rotatable bonds is 4. The molecule has 110 valence electrons. The van der Waals surface area contributed by atoms with E-state index in [0.29, 0.717) is 17.3 Å². The van der Waals surface area contributed by atoms with E-state index >= 15 is 0 Å². The van der Waals surface area contributed by atoms with Crippen LogP contribution >= 0.6 is 34.5 Å². The molecule has 0 saturated carbocycles. The summed E-state index contributed by atoms with van der Waals surface area (Å²) in [4.78, 5) is 9.19. The molecule has 0 spiro atoms. The zero-order valence-corrected chi connectivity index (χ0v) is 14.1. The Morgan fingerprint density at radius 2 is 2.14 bits per heavy atom. The molecule has 1 aromatic carbocycles. The van der Waals surface area contributed by atoms with Crippen molar-refractivity contribution in [3.05, 3.63) is 45.6 Å². The summed E-state index contributed by atoms with van der Waals surface area (Å²) in [6.45, 7) is 4.27. The van der Waals surface area contributed by atoms with Crippen LogP contribution in [0.4, 0.5) is 0 Å². The van der Waals surface area contributed by atoms with Gasteiger partial charge in [0, 0.05) is 23.9 Å². The highest BCUT2D eigenvalue weighted by atomic mass is 35.5. The van der Waals surface area contributed by atoms with Crippen molar-refractivity contribution in [3.63, 3.8) is 0 Å². The summed E-state index contributed by atoms with van der Waals surface area (Å²) >= 11 is 14.0. The molecule has 0 atom stereocenters. The first kappa shape index (κ1) is 14.8. The molecule has 2 heterocycles. The molecule has 21 heavy (non-hydrogen) atoms. The molecule has 0 aliphatic carbocycles. The molecule has 0 bridgehead atoms. The predicted octanol–water partition coefficient (Wildman–Crippen LogP) is 4.71. The number of thiazole rings is 1. The van der Waals surface area contributed by atoms with Crippen LogP contribution in [-0.2, 0) is 12.0 Å². The second-order valence-electron chi connectivity index (χ2n) is 5.31. The van der Waals surface area contributed by atoms with E-state index in [1.807, 2.05) is 29.8 Å². The van der Waals surface area contributed by atoms with Crippen LogP contribution in [0.2, 0.25) is 5.02 Å². The lowest BCUT2D eigenvalue weighted by molar-refractivity contribution is 0.431. The highest BCUT2D eigenvalue weighted by Crippen LogP contribution is 2.35. The number of imidazole rings is 1. The molecule has 0 saturated heterocycles. The minimum absolute atomic E-state index is 0.324. The second kappa shape index (κ2) is 5.59. The van der Waals surface area contributed by atoms with Gasteiger partial charge in [-0.05, 0) is 26.0 Å². The summed E-state index contributed by atoms with van der Waals surface area (Å²) < 4.78 is 2.17. The van der Waals surface area contributed by atoms with Crippen molar-refractivity contribution < 1.29 is 0 Å². The van der Waals surface area contributed by atoms with Gasteiger partial charge in [-0.2, -0.15) is 0 Å². The first-order valence-electron chi connectivity index (χ1n) is 6.68. The van der Waals surface area contributed by atoms with Gasteiger partial charge in [0.1, 0.15) is 10.8 Å². The smallest absolute Gasteiger partial charge is 0.118 e. The van der Waals surface area contributed by atoms with E-state index in [4.69, 9.17) is 28.2 Å². The number of aryl methyl sites for hydroxylation is 1. The summed E-state index contributed by atoms with van der Waals surface area (Å²) in [7, 11) is 0. The van der Waals surface area contributed by atoms with Gasteiger partial charge < -0.3 is 4.57 Å². The molecule has 3 nitrogen and oxygen atoms in total. The fourth-order valence-corrected chi connectivity index (χ4v) is 3.78. The van der Waals surface area contributed by atoms with Gasteiger partial charge in [-0.25, -0.2) is 9.97 Å². The average Bonchev–Trinajstić information content (AvgIpc) is 3.06. The molecule has 0 N–H and O–H groups in total. The number of aromatic nitrogens is 3. The highest BCUT2D eigenvalue weighted by Gasteiger charge is 2.30. The van der Waals surface area contributed by atoms with E-state index < -0.39 is 0 Å². The molecule has 2 aromatic heterocycles. The van der Waals surface area contributed by atoms with Crippen molar-refractivity contribution in [2.45, 2.75) is 25.8 Å². The number of fused-ring (bicyclic) bond motifs is 1. The molecule has 0 amide bonds. The number of halogens is 2. The van der Waals surface area contributed by atoms with Crippen LogP contribution in [0.1, 0.15) is 24.7 Å². The summed E-state index contributed by atoms with van der Waals surface area (Å²) in [6.07, 6.45) is 2.52. The van der Waals surface area contributed by atoms with Crippen LogP contribution < -0.4 is 0 Å². The van der Waals surface area contributed by atoms with Crippen molar-refractivity contribution >= 4 is 45.6 Å². The Kier molecular flexibility index (Phi) is 3.95. The number of nitrogens with zero attached hydrogens (tertiary/aromatic N) is 3. The molecule has 0 radical (unpaired) electrons. The van der Waals surface area contributed by atoms with Crippen LogP contribution in [0.3, 0.4) is 0 Å². The maximum Gasteiger partial charge on any atom is 0.118 e. The minimum Gasteiger partial charge on any atom is -0.314 e. The SMILES string of the molecule is CC(C)(c1nccs1)n1c(CCCl)nc2cccc(Cl)c21. The Labute approximate surface area is 137 Å². The number of alkyl halides is 1. The van der Waals surface area contributed by atoms with Gasteiger partial charge in [-0.3, -0.25) is 0 Å². The van der Waals surface area contributed by atoms with Gasteiger partial charge in [-0.1, -0.05) is 17.7 Å². The number of para-hydroxylation sites is 1. The third-order valence-corrected chi connectivity index (χ3v) is 5.11. The van der Waals surface area contributed by atoms with Crippen LogP contribution in [0.15, 0.2) is 29.8 Å². The Morgan fingerprint density at radius 1 is 1.33 bits per heavy atom. The van der Waals surface area contributed by atoms with Crippen molar-refractivity contribution in [2.75, 3.05) is 5.88 Å². The Morgan fingerprint density at radius 3 is 2.81 bits per heavy atom. The lowest BCUT2D eigenvalue weighted by Crippen LogP contribution is -2.29. The van der Waals surface area contributed by atoms with Gasteiger partial charge in [0.2, 0.25) is 0 Å². The van der Waals surface area contributed by atoms with Crippen molar-refractivity contribution in [3.8, 4) is 0 Å². The van der Waals surface area contributed by atoms with Gasteiger partial charge in [-0.15, -0.1) is 22.9 Å². The summed E-state index contributed by atoms with van der Waals surface area (Å²) in [5.41, 5.74) is 1.52. The standard InChI is InChI=1S/C15H15Cl2N3S/c1-15(2,14-18-8-9-21-14)20-12(6-7-16)19-11-5-3-4-10(17)13(11)20/h3-5,8-9H,6-7H2,1-2H3. The van der Waals surface area contributed by atoms with Gasteiger partial charge >= 0.3 is 0 Å². The molecule has 0 aliphatic heterocycles. The van der Waals surface area contributed by atoms with Crippen molar-refractivity contribution in [2.24, 2.45) is 0 Å². The molecule has 0 fully saturated rings. The van der Waals surface area contributed by atoms with Crippen molar-refractivity contribution in [1.29, 1.82) is 0 Å². The minimum atomic E-state index is -0.324. The quantitative estimate of drug-likeness (QED) is 0.644. The zero-order chi connectivity index (χ0) is 15.0. The molecule has 3 aromatic rings. The molecule has 0 aliphatic rings. The number of hydrogen-bond donors (Lipinski definition) is 0. The fourth-order valence-electron chi connectivity index (χ4n) is 2.61. The van der Waals surface area contributed by atoms with Gasteiger partial charge in [0.25, 0.3) is 0 Å². The summed E-state index contributed by atoms with van der Waals surface area (Å²) in [6, 6.07) is 5.79. The molecule has 6 heteroatoms. The average molecular weight is 340 g/mol. The third kappa shape index (κ3) is 2.45.